The molecule has 2 N–H and O–H groups in total. The van der Waals surface area contributed by atoms with Crippen molar-refractivity contribution in [2.24, 2.45) is 0 Å². The zero-order valence-electron chi connectivity index (χ0n) is 15.3. The van der Waals surface area contributed by atoms with E-state index in [2.05, 4.69) is 30.2 Å². The zero-order chi connectivity index (χ0) is 18.6. The number of anilines is 2. The number of benzene rings is 1. The van der Waals surface area contributed by atoms with E-state index in [1.54, 1.807) is 6.20 Å². The van der Waals surface area contributed by atoms with Crippen molar-refractivity contribution in [2.75, 3.05) is 23.3 Å². The fourth-order valence-corrected chi connectivity index (χ4v) is 3.24. The number of aromatic nitrogens is 4. The Kier molecular flexibility index (Phi) is 4.82. The van der Waals surface area contributed by atoms with Gasteiger partial charge in [-0.2, -0.15) is 0 Å². The van der Waals surface area contributed by atoms with Gasteiger partial charge < -0.3 is 10.2 Å². The molecular weight excluding hydrogens is 340 g/mol. The zero-order valence-corrected chi connectivity index (χ0v) is 15.3. The molecule has 3 heterocycles. The van der Waals surface area contributed by atoms with E-state index in [-0.39, 0.29) is 5.56 Å². The highest BCUT2D eigenvalue weighted by molar-refractivity contribution is 5.62. The maximum atomic E-state index is 12.1. The van der Waals surface area contributed by atoms with Crippen molar-refractivity contribution in [2.45, 2.75) is 26.3 Å². The smallest absolute Gasteiger partial charge is 0.252 e. The van der Waals surface area contributed by atoms with Crippen LogP contribution >= 0.6 is 0 Å². The lowest BCUT2D eigenvalue weighted by atomic mass is 10.2. The summed E-state index contributed by atoms with van der Waals surface area (Å²) in [6.07, 6.45) is 4.12. The minimum absolute atomic E-state index is 0.210. The molecule has 4 rings (SSSR count). The summed E-state index contributed by atoms with van der Waals surface area (Å²) in [4.78, 5) is 30.7. The molecular formula is C20H22N6O. The van der Waals surface area contributed by atoms with Crippen molar-refractivity contribution in [1.29, 1.82) is 0 Å². The second-order valence-electron chi connectivity index (χ2n) is 6.68. The van der Waals surface area contributed by atoms with Gasteiger partial charge >= 0.3 is 0 Å². The molecule has 1 aliphatic heterocycles. The number of hydrogen-bond donors (Lipinski definition) is 2. The second-order valence-corrected chi connectivity index (χ2v) is 6.68. The lowest BCUT2D eigenvalue weighted by Crippen LogP contribution is -2.21. The van der Waals surface area contributed by atoms with Crippen molar-refractivity contribution < 1.29 is 0 Å². The number of nitrogens with zero attached hydrogens (tertiary/aromatic N) is 4. The van der Waals surface area contributed by atoms with Crippen LogP contribution in [0.3, 0.4) is 0 Å². The molecule has 0 bridgehead atoms. The van der Waals surface area contributed by atoms with E-state index >= 15 is 0 Å². The average Bonchev–Trinajstić information content (AvgIpc) is 3.21. The monoisotopic (exact) mass is 362 g/mol. The van der Waals surface area contributed by atoms with E-state index in [0.717, 1.165) is 35.9 Å². The fourth-order valence-electron chi connectivity index (χ4n) is 3.24. The molecule has 3 aromatic rings. The summed E-state index contributed by atoms with van der Waals surface area (Å²) in [5.41, 5.74) is 3.06. The third-order valence-electron chi connectivity index (χ3n) is 4.68. The van der Waals surface area contributed by atoms with Crippen molar-refractivity contribution in [3.63, 3.8) is 0 Å². The van der Waals surface area contributed by atoms with Crippen LogP contribution in [0, 0.1) is 6.92 Å². The Balaban J connectivity index is 1.58. The van der Waals surface area contributed by atoms with Gasteiger partial charge in [0, 0.05) is 37.5 Å². The van der Waals surface area contributed by atoms with Crippen LogP contribution in [0.15, 0.2) is 47.4 Å². The Hall–Kier alpha value is -3.22. The molecule has 0 amide bonds. The molecule has 0 radical (unpaired) electrons. The molecule has 7 heteroatoms. The van der Waals surface area contributed by atoms with Crippen LogP contribution < -0.4 is 15.8 Å². The molecule has 2 aromatic heterocycles. The summed E-state index contributed by atoms with van der Waals surface area (Å²) in [5.74, 6) is 1.19. The number of H-pyrrole nitrogens is 1. The van der Waals surface area contributed by atoms with Gasteiger partial charge in [-0.25, -0.2) is 15.0 Å². The molecule has 7 nitrogen and oxygen atoms in total. The minimum atomic E-state index is -0.210. The summed E-state index contributed by atoms with van der Waals surface area (Å²) in [7, 11) is 0. The van der Waals surface area contributed by atoms with Gasteiger partial charge in [-0.1, -0.05) is 30.3 Å². The lowest BCUT2D eigenvalue weighted by Gasteiger charge is -2.16. The first kappa shape index (κ1) is 17.2. The van der Waals surface area contributed by atoms with Crippen LogP contribution in [-0.2, 0) is 6.54 Å². The molecule has 0 aliphatic carbocycles. The SMILES string of the molecule is Cc1nc(N2CCCC2)ncc1-c1cc(=O)[nH]c(NCc2ccccc2)n1. The Labute approximate surface area is 157 Å². The van der Waals surface area contributed by atoms with Crippen LogP contribution in [0.5, 0.6) is 0 Å². The fraction of sp³-hybridized carbons (Fsp3) is 0.300. The highest BCUT2D eigenvalue weighted by Crippen LogP contribution is 2.22. The van der Waals surface area contributed by atoms with Gasteiger partial charge in [0.05, 0.1) is 11.4 Å². The molecule has 1 fully saturated rings. The van der Waals surface area contributed by atoms with E-state index in [1.807, 2.05) is 37.3 Å². The molecule has 27 heavy (non-hydrogen) atoms. The van der Waals surface area contributed by atoms with Crippen LogP contribution in [-0.4, -0.2) is 33.0 Å². The summed E-state index contributed by atoms with van der Waals surface area (Å²) in [5, 5.41) is 3.17. The van der Waals surface area contributed by atoms with Gasteiger partial charge in [-0.05, 0) is 25.3 Å². The predicted molar refractivity (Wildman–Crippen MR) is 106 cm³/mol. The summed E-state index contributed by atoms with van der Waals surface area (Å²) < 4.78 is 0. The largest absolute Gasteiger partial charge is 0.352 e. The molecule has 138 valence electrons. The highest BCUT2D eigenvalue weighted by atomic mass is 16.1. The molecule has 1 aliphatic rings. The number of aromatic amines is 1. The first-order valence-corrected chi connectivity index (χ1v) is 9.17. The van der Waals surface area contributed by atoms with E-state index < -0.39 is 0 Å². The summed E-state index contributed by atoms with van der Waals surface area (Å²) in [6, 6.07) is 11.4. The normalized spacial score (nSPS) is 13.7. The Morgan fingerprint density at radius 1 is 1.15 bits per heavy atom. The first-order valence-electron chi connectivity index (χ1n) is 9.17. The molecule has 0 saturated carbocycles. The van der Waals surface area contributed by atoms with Crippen LogP contribution in [0.25, 0.3) is 11.3 Å². The van der Waals surface area contributed by atoms with E-state index in [0.29, 0.717) is 18.2 Å². The Morgan fingerprint density at radius 2 is 1.93 bits per heavy atom. The molecule has 0 unspecified atom stereocenters. The average molecular weight is 362 g/mol. The van der Waals surface area contributed by atoms with Gasteiger partial charge in [-0.3, -0.25) is 9.78 Å². The van der Waals surface area contributed by atoms with Gasteiger partial charge in [0.2, 0.25) is 11.9 Å². The van der Waals surface area contributed by atoms with Crippen molar-refractivity contribution >= 4 is 11.9 Å². The van der Waals surface area contributed by atoms with Crippen molar-refractivity contribution in [1.82, 2.24) is 19.9 Å². The van der Waals surface area contributed by atoms with Gasteiger partial charge in [0.25, 0.3) is 5.56 Å². The second kappa shape index (κ2) is 7.57. The summed E-state index contributed by atoms with van der Waals surface area (Å²) >= 11 is 0. The number of aryl methyl sites for hydroxylation is 1. The van der Waals surface area contributed by atoms with Crippen LogP contribution in [0.2, 0.25) is 0 Å². The third kappa shape index (κ3) is 3.97. The van der Waals surface area contributed by atoms with Crippen molar-refractivity contribution in [3.05, 3.63) is 64.2 Å². The third-order valence-corrected chi connectivity index (χ3v) is 4.68. The minimum Gasteiger partial charge on any atom is -0.352 e. The molecule has 1 aromatic carbocycles. The molecule has 1 saturated heterocycles. The molecule has 0 atom stereocenters. The lowest BCUT2D eigenvalue weighted by molar-refractivity contribution is 0.889. The number of rotatable bonds is 5. The highest BCUT2D eigenvalue weighted by Gasteiger charge is 2.17. The summed E-state index contributed by atoms with van der Waals surface area (Å²) in [6.45, 7) is 4.50. The van der Waals surface area contributed by atoms with E-state index in [1.165, 1.54) is 18.9 Å². The topological polar surface area (TPSA) is 86.8 Å². The first-order chi connectivity index (χ1) is 13.2. The maximum absolute atomic E-state index is 12.1. The molecule has 0 spiro atoms. The van der Waals surface area contributed by atoms with Gasteiger partial charge in [0.1, 0.15) is 0 Å². The quantitative estimate of drug-likeness (QED) is 0.726. The van der Waals surface area contributed by atoms with Gasteiger partial charge in [0.15, 0.2) is 0 Å². The van der Waals surface area contributed by atoms with E-state index in [9.17, 15) is 4.79 Å². The van der Waals surface area contributed by atoms with Gasteiger partial charge in [-0.15, -0.1) is 0 Å². The van der Waals surface area contributed by atoms with Crippen molar-refractivity contribution in [3.8, 4) is 11.3 Å². The van der Waals surface area contributed by atoms with Crippen LogP contribution in [0.1, 0.15) is 24.1 Å². The Morgan fingerprint density at radius 3 is 2.67 bits per heavy atom. The number of nitrogens with one attached hydrogen (secondary N) is 2. The van der Waals surface area contributed by atoms with E-state index in [4.69, 9.17) is 0 Å². The maximum Gasteiger partial charge on any atom is 0.252 e. The Bertz CT molecular complexity index is 979. The predicted octanol–water partition coefficient (Wildman–Crippen LogP) is 2.75. The standard InChI is InChI=1S/C20H22N6O/c1-14-16(13-22-20(23-14)26-9-5-6-10-26)17-11-18(27)25-19(24-17)21-12-15-7-3-2-4-8-15/h2-4,7-8,11,13H,5-6,9-10,12H2,1H3,(H2,21,24,25,27). The number of hydrogen-bond acceptors (Lipinski definition) is 6. The van der Waals surface area contributed by atoms with Crippen LogP contribution in [0.4, 0.5) is 11.9 Å².